The number of thioether (sulfide) groups is 1. The van der Waals surface area contributed by atoms with E-state index in [9.17, 15) is 0 Å². The van der Waals surface area contributed by atoms with Gasteiger partial charge in [0, 0.05) is 53.5 Å². The molecule has 14 rings (SSSR count). The van der Waals surface area contributed by atoms with E-state index in [1.807, 2.05) is 11.8 Å². The van der Waals surface area contributed by atoms with Crippen LogP contribution in [0.3, 0.4) is 0 Å². The molecule has 0 saturated carbocycles. The molecule has 4 heteroatoms. The molecule has 0 radical (unpaired) electrons. The highest BCUT2D eigenvalue weighted by Crippen LogP contribution is 2.63. The Bertz CT molecular complexity index is 3740. The largest absolute Gasteiger partial charge is 0.309 e. The van der Waals surface area contributed by atoms with Crippen LogP contribution in [0.5, 0.6) is 0 Å². The Morgan fingerprint density at radius 3 is 1.93 bits per heavy atom. The molecule has 3 aromatic heterocycles. The Morgan fingerprint density at radius 2 is 1.10 bits per heavy atom. The molecule has 2 unspecified atom stereocenters. The molecular formula is C56H37N3S. The van der Waals surface area contributed by atoms with Crippen LogP contribution in [0.4, 0.5) is 0 Å². The van der Waals surface area contributed by atoms with Gasteiger partial charge in [-0.1, -0.05) is 146 Å². The number of para-hydroxylation sites is 6. The molecule has 0 amide bonds. The number of fused-ring (bicyclic) bond motifs is 17. The fraction of sp³-hybridized carbons (Fsp3) is 0.0714. The summed E-state index contributed by atoms with van der Waals surface area (Å²) < 4.78 is 7.47. The first-order valence-electron chi connectivity index (χ1n) is 21.1. The molecule has 2 atom stereocenters. The van der Waals surface area contributed by atoms with Crippen molar-refractivity contribution >= 4 is 77.2 Å². The molecule has 0 bridgehead atoms. The molecule has 11 aromatic rings. The minimum absolute atomic E-state index is 0.440. The van der Waals surface area contributed by atoms with Crippen molar-refractivity contribution in [2.45, 2.75) is 23.7 Å². The normalized spacial score (nSPS) is 18.1. The number of hydrogen-bond donors (Lipinski definition) is 0. The van der Waals surface area contributed by atoms with E-state index in [1.54, 1.807) is 0 Å². The molecule has 60 heavy (non-hydrogen) atoms. The Hall–Kier alpha value is -7.01. The van der Waals surface area contributed by atoms with Gasteiger partial charge < -0.3 is 13.7 Å². The molecular weight excluding hydrogens is 747 g/mol. The average molecular weight is 784 g/mol. The van der Waals surface area contributed by atoms with E-state index in [0.717, 1.165) is 6.42 Å². The topological polar surface area (TPSA) is 14.8 Å². The molecule has 1 aliphatic carbocycles. The van der Waals surface area contributed by atoms with E-state index in [-0.39, 0.29) is 0 Å². The van der Waals surface area contributed by atoms with Gasteiger partial charge in [0.1, 0.15) is 0 Å². The van der Waals surface area contributed by atoms with Gasteiger partial charge in [-0.3, -0.25) is 0 Å². The van der Waals surface area contributed by atoms with Gasteiger partial charge in [0.05, 0.1) is 44.2 Å². The van der Waals surface area contributed by atoms with Gasteiger partial charge in [-0.15, -0.1) is 0 Å². The Morgan fingerprint density at radius 1 is 0.483 bits per heavy atom. The van der Waals surface area contributed by atoms with Crippen LogP contribution < -0.4 is 0 Å². The molecule has 1 spiro atoms. The molecule has 3 aliphatic rings. The second-order valence-corrected chi connectivity index (χ2v) is 17.9. The molecule has 0 fully saturated rings. The Labute approximate surface area is 351 Å². The predicted molar refractivity (Wildman–Crippen MR) is 252 cm³/mol. The molecule has 2 aliphatic heterocycles. The van der Waals surface area contributed by atoms with E-state index in [4.69, 9.17) is 0 Å². The third-order valence-corrected chi connectivity index (χ3v) is 15.1. The Kier molecular flexibility index (Phi) is 6.47. The van der Waals surface area contributed by atoms with Crippen molar-refractivity contribution in [1.29, 1.82) is 0 Å². The van der Waals surface area contributed by atoms with Gasteiger partial charge in [0.2, 0.25) is 0 Å². The number of allylic oxidation sites excluding steroid dienone is 3. The fourth-order valence-electron chi connectivity index (χ4n) is 11.5. The van der Waals surface area contributed by atoms with Gasteiger partial charge >= 0.3 is 0 Å². The second kappa shape index (κ2) is 11.8. The van der Waals surface area contributed by atoms with Crippen LogP contribution in [-0.4, -0.2) is 13.7 Å². The molecule has 282 valence electrons. The van der Waals surface area contributed by atoms with Crippen LogP contribution in [0, 0.1) is 5.92 Å². The summed E-state index contributed by atoms with van der Waals surface area (Å²) >= 11 is 1.99. The van der Waals surface area contributed by atoms with Crippen molar-refractivity contribution in [3.63, 3.8) is 0 Å². The minimum Gasteiger partial charge on any atom is -0.309 e. The lowest BCUT2D eigenvalue weighted by atomic mass is 9.60. The highest BCUT2D eigenvalue weighted by molar-refractivity contribution is 8.03. The van der Waals surface area contributed by atoms with E-state index < -0.39 is 5.41 Å². The second-order valence-electron chi connectivity index (χ2n) is 16.9. The number of aromatic nitrogens is 3. The fourth-order valence-corrected chi connectivity index (χ4v) is 12.9. The van der Waals surface area contributed by atoms with Crippen molar-refractivity contribution in [1.82, 2.24) is 13.7 Å². The highest BCUT2D eigenvalue weighted by Gasteiger charge is 2.51. The first-order chi connectivity index (χ1) is 29.7. The summed E-state index contributed by atoms with van der Waals surface area (Å²) in [6, 6.07) is 66.0. The van der Waals surface area contributed by atoms with Gasteiger partial charge in [-0.05, 0) is 95.3 Å². The zero-order valence-corrected chi connectivity index (χ0v) is 33.7. The van der Waals surface area contributed by atoms with Crippen molar-refractivity contribution < 1.29 is 0 Å². The summed E-state index contributed by atoms with van der Waals surface area (Å²) in [6.45, 7) is 2.38. The lowest BCUT2D eigenvalue weighted by Gasteiger charge is -2.48. The molecule has 0 saturated heterocycles. The van der Waals surface area contributed by atoms with Crippen LogP contribution in [0.25, 0.3) is 82.5 Å². The number of hydrogen-bond acceptors (Lipinski definition) is 1. The molecule has 8 aromatic carbocycles. The molecule has 0 N–H and O–H groups in total. The summed E-state index contributed by atoms with van der Waals surface area (Å²) in [5, 5.41) is 7.75. The maximum Gasteiger partial charge on any atom is 0.0727 e. The predicted octanol–water partition coefficient (Wildman–Crippen LogP) is 14.6. The van der Waals surface area contributed by atoms with Gasteiger partial charge in [-0.2, -0.15) is 0 Å². The van der Waals surface area contributed by atoms with E-state index in [1.165, 1.54) is 115 Å². The van der Waals surface area contributed by atoms with E-state index >= 15 is 0 Å². The number of rotatable bonds is 2. The third kappa shape index (κ3) is 4.02. The summed E-state index contributed by atoms with van der Waals surface area (Å²) in [5.41, 5.74) is 16.3. The highest BCUT2D eigenvalue weighted by atomic mass is 32.2. The van der Waals surface area contributed by atoms with Crippen molar-refractivity contribution in [2.24, 2.45) is 5.92 Å². The van der Waals surface area contributed by atoms with Gasteiger partial charge in [0.15, 0.2) is 0 Å². The minimum atomic E-state index is -0.467. The lowest BCUT2D eigenvalue weighted by molar-refractivity contribution is 0.592. The summed E-state index contributed by atoms with van der Waals surface area (Å²) in [7, 11) is 0. The number of benzene rings is 8. The maximum absolute atomic E-state index is 2.56. The summed E-state index contributed by atoms with van der Waals surface area (Å²) in [5.74, 6) is 0.440. The van der Waals surface area contributed by atoms with Crippen molar-refractivity contribution in [3.05, 3.63) is 215 Å². The summed E-state index contributed by atoms with van der Waals surface area (Å²) in [6.07, 6.45) is 5.89. The average Bonchev–Trinajstić information content (AvgIpc) is 3.94. The third-order valence-electron chi connectivity index (χ3n) is 13.8. The van der Waals surface area contributed by atoms with E-state index in [2.05, 4.69) is 209 Å². The van der Waals surface area contributed by atoms with E-state index in [0.29, 0.717) is 5.92 Å². The van der Waals surface area contributed by atoms with Crippen LogP contribution in [0.15, 0.2) is 203 Å². The van der Waals surface area contributed by atoms with Crippen LogP contribution in [0.1, 0.15) is 30.0 Å². The SMILES string of the molecule is CC1C=CC2=C(C1)C1(c3ccccc3-n3c4ccccc4c4cccc1c43)c1ccc3c(c1S2)c1ccccc1n3-c1ccc2c(c1)c1ccccc1n2-c1ccccc1. The molecule has 5 heterocycles. The zero-order chi connectivity index (χ0) is 39.3. The monoisotopic (exact) mass is 783 g/mol. The zero-order valence-electron chi connectivity index (χ0n) is 32.9. The number of nitrogens with zero attached hydrogens (tertiary/aromatic N) is 3. The Balaban J connectivity index is 1.10. The van der Waals surface area contributed by atoms with Crippen LogP contribution >= 0.6 is 11.8 Å². The van der Waals surface area contributed by atoms with Crippen LogP contribution in [0.2, 0.25) is 0 Å². The van der Waals surface area contributed by atoms with Crippen molar-refractivity contribution in [3.8, 4) is 17.1 Å². The van der Waals surface area contributed by atoms with Gasteiger partial charge in [-0.25, -0.2) is 0 Å². The van der Waals surface area contributed by atoms with Crippen LogP contribution in [-0.2, 0) is 5.41 Å². The summed E-state index contributed by atoms with van der Waals surface area (Å²) in [4.78, 5) is 2.75. The quantitative estimate of drug-likeness (QED) is 0.170. The first-order valence-corrected chi connectivity index (χ1v) is 21.9. The standard InChI is InChI=1S/C56H37N3S/c1-34-26-31-52-45(32-34)56(42-20-8-12-25-50(42)59-47-23-10-5-16-37(47)39-19-13-21-43(56)54(39)59)44-28-30-51-53(55(44)60-52)40-18-7-11-24-48(40)58(51)36-27-29-49-41(33-36)38-17-6-9-22-46(38)57(49)35-14-3-2-4-15-35/h2-31,33-34H,32H2,1H3. The lowest BCUT2D eigenvalue weighted by Crippen LogP contribution is -2.39. The van der Waals surface area contributed by atoms with Gasteiger partial charge in [0.25, 0.3) is 0 Å². The molecule has 3 nitrogen and oxygen atoms in total. The first kappa shape index (κ1) is 32.9. The smallest absolute Gasteiger partial charge is 0.0727 e. The van der Waals surface area contributed by atoms with Crippen molar-refractivity contribution in [2.75, 3.05) is 0 Å². The maximum atomic E-state index is 2.56.